The molecule has 2 aromatic carbocycles. The second-order valence-corrected chi connectivity index (χ2v) is 6.70. The number of rotatable bonds is 2. The summed E-state index contributed by atoms with van der Waals surface area (Å²) >= 11 is 0. The predicted molar refractivity (Wildman–Crippen MR) is 98.7 cm³/mol. The number of amides is 2. The van der Waals surface area contributed by atoms with Crippen LogP contribution in [0, 0.1) is 19.7 Å². The van der Waals surface area contributed by atoms with E-state index in [4.69, 9.17) is 4.42 Å². The summed E-state index contributed by atoms with van der Waals surface area (Å²) in [5, 5.41) is 10.6. The van der Waals surface area contributed by atoms with Gasteiger partial charge in [0.25, 0.3) is 0 Å². The van der Waals surface area contributed by atoms with Crippen LogP contribution in [0.1, 0.15) is 22.3 Å². The molecule has 1 N–H and O–H groups in total. The van der Waals surface area contributed by atoms with E-state index in [0.29, 0.717) is 29.8 Å². The lowest BCUT2D eigenvalue weighted by atomic mass is 10.0. The molecule has 0 saturated carbocycles. The van der Waals surface area contributed by atoms with Crippen molar-refractivity contribution in [3.63, 3.8) is 0 Å². The quantitative estimate of drug-likeness (QED) is 0.742. The van der Waals surface area contributed by atoms with Crippen LogP contribution < -0.4 is 5.32 Å². The maximum atomic E-state index is 13.5. The highest BCUT2D eigenvalue weighted by molar-refractivity contribution is 5.87. The number of hydrogen-bond acceptors (Lipinski definition) is 4. The molecule has 7 heteroatoms. The number of aromatic nitrogens is 2. The first-order chi connectivity index (χ1) is 13.0. The molecule has 1 aliphatic heterocycles. The molecule has 4 rings (SSSR count). The van der Waals surface area contributed by atoms with E-state index >= 15 is 0 Å². The monoisotopic (exact) mass is 366 g/mol. The van der Waals surface area contributed by atoms with Crippen molar-refractivity contribution >= 4 is 12.0 Å². The molecule has 138 valence electrons. The van der Waals surface area contributed by atoms with Gasteiger partial charge in [-0.2, -0.15) is 0 Å². The average Bonchev–Trinajstić information content (AvgIpc) is 3.08. The third-order valence-corrected chi connectivity index (χ3v) is 4.77. The second kappa shape index (κ2) is 6.83. The third-order valence-electron chi connectivity index (χ3n) is 4.77. The van der Waals surface area contributed by atoms with E-state index in [2.05, 4.69) is 21.6 Å². The summed E-state index contributed by atoms with van der Waals surface area (Å²) in [5.41, 5.74) is 4.48. The Morgan fingerprint density at radius 3 is 2.59 bits per heavy atom. The molecule has 0 atom stereocenters. The lowest BCUT2D eigenvalue weighted by Gasteiger charge is -2.28. The molecule has 2 amide bonds. The number of hydrogen-bond donors (Lipinski definition) is 1. The van der Waals surface area contributed by atoms with Gasteiger partial charge in [-0.05, 0) is 54.7 Å². The van der Waals surface area contributed by atoms with E-state index in [-0.39, 0.29) is 23.8 Å². The zero-order chi connectivity index (χ0) is 19.0. The van der Waals surface area contributed by atoms with Crippen LogP contribution in [0.15, 0.2) is 40.8 Å². The van der Waals surface area contributed by atoms with Crippen LogP contribution in [0.3, 0.4) is 0 Å². The van der Waals surface area contributed by atoms with Gasteiger partial charge < -0.3 is 9.32 Å². The first-order valence-corrected chi connectivity index (χ1v) is 8.74. The number of benzene rings is 2. The Morgan fingerprint density at radius 2 is 1.85 bits per heavy atom. The fraction of sp³-hybridized carbons (Fsp3) is 0.250. The Labute approximate surface area is 156 Å². The average molecular weight is 366 g/mol. The summed E-state index contributed by atoms with van der Waals surface area (Å²) in [6.07, 6.45) is 0.812. The Balaban J connectivity index is 1.50. The van der Waals surface area contributed by atoms with Gasteiger partial charge in [0, 0.05) is 18.7 Å². The fourth-order valence-corrected chi connectivity index (χ4v) is 3.46. The van der Waals surface area contributed by atoms with Crippen LogP contribution in [0.4, 0.5) is 15.2 Å². The Kier molecular flexibility index (Phi) is 4.35. The van der Waals surface area contributed by atoms with Crippen molar-refractivity contribution in [2.24, 2.45) is 0 Å². The summed E-state index contributed by atoms with van der Waals surface area (Å²) in [7, 11) is 0. The molecule has 2 heterocycles. The molecule has 0 bridgehead atoms. The molecule has 6 nitrogen and oxygen atoms in total. The number of carbonyl (C=O) groups excluding carboxylic acids is 1. The molecular formula is C20H19FN4O2. The van der Waals surface area contributed by atoms with E-state index < -0.39 is 0 Å². The van der Waals surface area contributed by atoms with Crippen molar-refractivity contribution in [2.45, 2.75) is 26.8 Å². The van der Waals surface area contributed by atoms with Gasteiger partial charge in [-0.15, -0.1) is 5.10 Å². The van der Waals surface area contributed by atoms with Gasteiger partial charge in [0.15, 0.2) is 0 Å². The maximum absolute atomic E-state index is 13.5. The normalized spacial score (nSPS) is 13.4. The highest BCUT2D eigenvalue weighted by Crippen LogP contribution is 2.28. The van der Waals surface area contributed by atoms with Crippen molar-refractivity contribution in [1.82, 2.24) is 15.1 Å². The van der Waals surface area contributed by atoms with Gasteiger partial charge in [0.05, 0.1) is 0 Å². The number of carbonyl (C=O) groups is 1. The van der Waals surface area contributed by atoms with E-state index in [0.717, 1.165) is 12.0 Å². The summed E-state index contributed by atoms with van der Waals surface area (Å²) in [6.45, 7) is 4.72. The largest absolute Gasteiger partial charge is 0.403 e. The second-order valence-electron chi connectivity index (χ2n) is 6.70. The number of urea groups is 1. The van der Waals surface area contributed by atoms with Gasteiger partial charge in [-0.25, -0.2) is 9.18 Å². The van der Waals surface area contributed by atoms with Crippen molar-refractivity contribution in [3.8, 4) is 11.5 Å². The number of halogens is 1. The Morgan fingerprint density at radius 1 is 1.15 bits per heavy atom. The summed E-state index contributed by atoms with van der Waals surface area (Å²) in [5.74, 6) is -0.0588. The van der Waals surface area contributed by atoms with Crippen LogP contribution in [0.5, 0.6) is 0 Å². The zero-order valence-electron chi connectivity index (χ0n) is 15.1. The number of nitrogens with one attached hydrogen (secondary N) is 1. The van der Waals surface area contributed by atoms with Gasteiger partial charge in [0.2, 0.25) is 5.89 Å². The number of fused-ring (bicyclic) bond motifs is 1. The molecule has 0 saturated heterocycles. The van der Waals surface area contributed by atoms with Crippen LogP contribution in [0.2, 0.25) is 0 Å². The van der Waals surface area contributed by atoms with Crippen LogP contribution in [-0.2, 0) is 13.0 Å². The van der Waals surface area contributed by atoms with Crippen molar-refractivity contribution in [3.05, 3.63) is 64.5 Å². The lowest BCUT2D eigenvalue weighted by Crippen LogP contribution is -2.38. The van der Waals surface area contributed by atoms with E-state index in [1.807, 2.05) is 18.2 Å². The molecule has 0 aliphatic carbocycles. The Hall–Kier alpha value is -3.22. The summed E-state index contributed by atoms with van der Waals surface area (Å²) < 4.78 is 19.1. The summed E-state index contributed by atoms with van der Waals surface area (Å²) in [4.78, 5) is 14.2. The van der Waals surface area contributed by atoms with Crippen molar-refractivity contribution in [2.75, 3.05) is 11.9 Å². The smallest absolute Gasteiger partial charge is 0.325 e. The zero-order valence-corrected chi connectivity index (χ0v) is 15.1. The van der Waals surface area contributed by atoms with E-state index in [1.165, 1.54) is 17.7 Å². The molecular weight excluding hydrogens is 347 g/mol. The molecule has 0 fully saturated rings. The maximum Gasteiger partial charge on any atom is 0.325 e. The third kappa shape index (κ3) is 3.40. The number of nitrogens with zero attached hydrogens (tertiary/aromatic N) is 3. The number of anilines is 1. The van der Waals surface area contributed by atoms with Crippen LogP contribution in [0.25, 0.3) is 11.5 Å². The van der Waals surface area contributed by atoms with E-state index in [9.17, 15) is 9.18 Å². The first-order valence-electron chi connectivity index (χ1n) is 8.74. The standard InChI is InChI=1S/C20H19FN4O2/c1-12-9-16(21)10-13(2)17(12)18-23-24-19(27-18)22-20(26)25-8-7-14-5-3-4-6-15(14)11-25/h3-6,9-10H,7-8,11H2,1-2H3,(H,22,24,26). The SMILES string of the molecule is Cc1cc(F)cc(C)c1-c1nnc(NC(=O)N2CCc3ccccc3C2)o1. The van der Waals surface area contributed by atoms with Gasteiger partial charge in [0.1, 0.15) is 5.82 Å². The molecule has 3 aromatic rings. The van der Waals surface area contributed by atoms with Crippen LogP contribution >= 0.6 is 0 Å². The lowest BCUT2D eigenvalue weighted by molar-refractivity contribution is 0.205. The minimum atomic E-state index is -0.313. The van der Waals surface area contributed by atoms with Gasteiger partial charge >= 0.3 is 12.0 Å². The van der Waals surface area contributed by atoms with Crippen molar-refractivity contribution < 1.29 is 13.6 Å². The molecule has 1 aliphatic rings. The molecule has 1 aromatic heterocycles. The highest BCUT2D eigenvalue weighted by Gasteiger charge is 2.22. The minimum Gasteiger partial charge on any atom is -0.403 e. The minimum absolute atomic E-state index is 0.0250. The fourth-order valence-electron chi connectivity index (χ4n) is 3.46. The molecule has 0 spiro atoms. The summed E-state index contributed by atoms with van der Waals surface area (Å²) in [6, 6.07) is 10.7. The van der Waals surface area contributed by atoms with Crippen LogP contribution in [-0.4, -0.2) is 27.7 Å². The highest BCUT2D eigenvalue weighted by atomic mass is 19.1. The predicted octanol–water partition coefficient (Wildman–Crippen LogP) is 4.08. The van der Waals surface area contributed by atoms with E-state index in [1.54, 1.807) is 18.7 Å². The topological polar surface area (TPSA) is 71.3 Å². The van der Waals surface area contributed by atoms with Gasteiger partial charge in [-0.1, -0.05) is 29.4 Å². The molecule has 0 unspecified atom stereocenters. The Bertz CT molecular complexity index is 992. The molecule has 0 radical (unpaired) electrons. The number of aryl methyl sites for hydroxylation is 2. The molecule has 27 heavy (non-hydrogen) atoms. The van der Waals surface area contributed by atoms with Gasteiger partial charge in [-0.3, -0.25) is 5.32 Å². The first kappa shape index (κ1) is 17.2. The van der Waals surface area contributed by atoms with Crippen molar-refractivity contribution in [1.29, 1.82) is 0 Å².